The monoisotopic (exact) mass is 448 g/mol. The summed E-state index contributed by atoms with van der Waals surface area (Å²) >= 11 is 0. The number of benzene rings is 1. The lowest BCUT2D eigenvalue weighted by Crippen LogP contribution is -2.38. The molecule has 1 fully saturated rings. The molecule has 0 unspecified atom stereocenters. The van der Waals surface area contributed by atoms with Crippen LogP contribution in [0.4, 0.5) is 0 Å². The number of nitrogens with zero attached hydrogens (tertiary/aromatic N) is 4. The van der Waals surface area contributed by atoms with Crippen LogP contribution in [0.5, 0.6) is 17.2 Å². The molecule has 1 amide bonds. The zero-order chi connectivity index (χ0) is 23.3. The van der Waals surface area contributed by atoms with E-state index in [1.807, 2.05) is 11.8 Å². The number of rotatable bonds is 9. The third-order valence-corrected chi connectivity index (χ3v) is 5.83. The first-order valence-corrected chi connectivity index (χ1v) is 10.7. The van der Waals surface area contributed by atoms with Crippen LogP contribution < -0.4 is 19.9 Å². The van der Waals surface area contributed by atoms with E-state index in [1.54, 1.807) is 23.8 Å². The number of ether oxygens (including phenoxy) is 4. The van der Waals surface area contributed by atoms with E-state index in [0.717, 1.165) is 18.7 Å². The van der Waals surface area contributed by atoms with Gasteiger partial charge < -0.3 is 23.8 Å². The average molecular weight is 449 g/mol. The summed E-state index contributed by atoms with van der Waals surface area (Å²) in [6.07, 6.45) is 1.47. The van der Waals surface area contributed by atoms with Gasteiger partial charge in [-0.2, -0.15) is 5.10 Å². The number of likely N-dealkylation sites (tertiary alicyclic amines) is 1. The van der Waals surface area contributed by atoms with Gasteiger partial charge in [0.1, 0.15) is 5.82 Å². The minimum Gasteiger partial charge on any atom is -0.493 e. The van der Waals surface area contributed by atoms with E-state index in [9.17, 15) is 9.59 Å². The lowest BCUT2D eigenvalue weighted by atomic mass is 9.95. The number of hydrogen-bond donors (Lipinski definition) is 0. The number of methoxy groups -OCH3 is 4. The van der Waals surface area contributed by atoms with Crippen molar-refractivity contribution >= 4 is 5.91 Å². The zero-order valence-corrected chi connectivity index (χ0v) is 19.4. The van der Waals surface area contributed by atoms with Gasteiger partial charge in [0.05, 0.1) is 34.5 Å². The summed E-state index contributed by atoms with van der Waals surface area (Å²) in [6, 6.07) is 3.34. The molecule has 2 heterocycles. The molecule has 2 aromatic rings. The van der Waals surface area contributed by atoms with Crippen molar-refractivity contribution in [2.75, 3.05) is 48.1 Å². The van der Waals surface area contributed by atoms with Gasteiger partial charge in [-0.1, -0.05) is 0 Å². The van der Waals surface area contributed by atoms with E-state index in [2.05, 4.69) is 5.10 Å². The Kier molecular flexibility index (Phi) is 7.79. The van der Waals surface area contributed by atoms with Crippen molar-refractivity contribution in [3.05, 3.63) is 34.0 Å². The lowest BCUT2D eigenvalue weighted by Gasteiger charge is -2.31. The highest BCUT2D eigenvalue weighted by molar-refractivity contribution is 5.95. The fraction of sp³-hybridized carbons (Fsp3) is 0.591. The lowest BCUT2D eigenvalue weighted by molar-refractivity contribution is 0.0709. The van der Waals surface area contributed by atoms with Gasteiger partial charge in [-0.3, -0.25) is 9.36 Å². The quantitative estimate of drug-likeness (QED) is 0.577. The van der Waals surface area contributed by atoms with Crippen molar-refractivity contribution in [1.82, 2.24) is 19.2 Å². The van der Waals surface area contributed by atoms with Crippen LogP contribution in [0.25, 0.3) is 0 Å². The van der Waals surface area contributed by atoms with Crippen LogP contribution in [0.3, 0.4) is 0 Å². The highest BCUT2D eigenvalue weighted by Gasteiger charge is 2.29. The van der Waals surface area contributed by atoms with E-state index >= 15 is 0 Å². The largest absolute Gasteiger partial charge is 0.493 e. The zero-order valence-electron chi connectivity index (χ0n) is 19.4. The molecule has 32 heavy (non-hydrogen) atoms. The summed E-state index contributed by atoms with van der Waals surface area (Å²) in [5.74, 6) is 2.15. The van der Waals surface area contributed by atoms with Crippen molar-refractivity contribution in [3.63, 3.8) is 0 Å². The maximum Gasteiger partial charge on any atom is 0.345 e. The van der Waals surface area contributed by atoms with Gasteiger partial charge in [-0.25, -0.2) is 9.48 Å². The first kappa shape index (κ1) is 23.6. The Morgan fingerprint density at radius 1 is 1.06 bits per heavy atom. The average Bonchev–Trinajstić information content (AvgIpc) is 3.16. The number of amides is 1. The van der Waals surface area contributed by atoms with Gasteiger partial charge in [-0.15, -0.1) is 0 Å². The molecule has 0 aliphatic carbocycles. The molecule has 1 saturated heterocycles. The standard InChI is InChI=1S/C22H32N4O6/c1-6-25-20(23-26(22(25)28)11-12-29-2)15-7-9-24(10-8-15)21(27)16-13-17(30-3)19(32-5)18(14-16)31-4/h13-15H,6-12H2,1-5H3. The molecule has 3 rings (SSSR count). The number of aromatic nitrogens is 3. The van der Waals surface area contributed by atoms with Crippen molar-refractivity contribution in [2.24, 2.45) is 0 Å². The van der Waals surface area contributed by atoms with Crippen molar-refractivity contribution in [3.8, 4) is 17.2 Å². The molecule has 1 aromatic carbocycles. The maximum atomic E-state index is 13.2. The molecule has 0 atom stereocenters. The summed E-state index contributed by atoms with van der Waals surface area (Å²) in [5.41, 5.74) is 0.364. The van der Waals surface area contributed by atoms with E-state index in [4.69, 9.17) is 18.9 Å². The minimum absolute atomic E-state index is 0.0961. The summed E-state index contributed by atoms with van der Waals surface area (Å²) in [5, 5.41) is 4.57. The van der Waals surface area contributed by atoms with Crippen molar-refractivity contribution in [2.45, 2.75) is 38.8 Å². The summed E-state index contributed by atoms with van der Waals surface area (Å²) in [6.45, 7) is 4.50. The number of carbonyl (C=O) groups excluding carboxylic acids is 1. The van der Waals surface area contributed by atoms with Crippen LogP contribution in [0.1, 0.15) is 41.9 Å². The third-order valence-electron chi connectivity index (χ3n) is 5.83. The predicted molar refractivity (Wildman–Crippen MR) is 118 cm³/mol. The maximum absolute atomic E-state index is 13.2. The smallest absolute Gasteiger partial charge is 0.345 e. The second kappa shape index (κ2) is 10.5. The SMILES string of the molecule is CCn1c(C2CCN(C(=O)c3cc(OC)c(OC)c(OC)c3)CC2)nn(CCOC)c1=O. The second-order valence-corrected chi connectivity index (χ2v) is 7.58. The molecule has 1 aliphatic rings. The summed E-state index contributed by atoms with van der Waals surface area (Å²) < 4.78 is 24.3. The molecule has 10 nitrogen and oxygen atoms in total. The Bertz CT molecular complexity index is 966. The van der Waals surface area contributed by atoms with Gasteiger partial charge in [-0.05, 0) is 31.9 Å². The van der Waals surface area contributed by atoms with Crippen LogP contribution in [-0.2, 0) is 17.8 Å². The first-order chi connectivity index (χ1) is 15.5. The van der Waals surface area contributed by atoms with E-state index in [0.29, 0.717) is 55.6 Å². The molecule has 1 aromatic heterocycles. The molecular formula is C22H32N4O6. The van der Waals surface area contributed by atoms with Crippen LogP contribution in [0.2, 0.25) is 0 Å². The topological polar surface area (TPSA) is 97.1 Å². The Balaban J connectivity index is 1.75. The molecule has 0 bridgehead atoms. The highest BCUT2D eigenvalue weighted by atomic mass is 16.5. The van der Waals surface area contributed by atoms with E-state index < -0.39 is 0 Å². The Labute approximate surface area is 187 Å². The summed E-state index contributed by atoms with van der Waals surface area (Å²) in [4.78, 5) is 27.6. The normalized spacial score (nSPS) is 14.5. The second-order valence-electron chi connectivity index (χ2n) is 7.58. The van der Waals surface area contributed by atoms with Crippen LogP contribution >= 0.6 is 0 Å². The molecule has 0 radical (unpaired) electrons. The third kappa shape index (κ3) is 4.59. The van der Waals surface area contributed by atoms with Crippen molar-refractivity contribution < 1.29 is 23.7 Å². The Morgan fingerprint density at radius 2 is 1.69 bits per heavy atom. The number of carbonyl (C=O) groups is 1. The molecule has 0 spiro atoms. The number of piperidine rings is 1. The van der Waals surface area contributed by atoms with Gasteiger partial charge in [0.25, 0.3) is 5.91 Å². The predicted octanol–water partition coefficient (Wildman–Crippen LogP) is 1.76. The van der Waals surface area contributed by atoms with Crippen LogP contribution in [0, 0.1) is 0 Å². The Morgan fingerprint density at radius 3 is 2.19 bits per heavy atom. The molecule has 1 aliphatic heterocycles. The summed E-state index contributed by atoms with van der Waals surface area (Å²) in [7, 11) is 6.18. The fourth-order valence-electron chi connectivity index (χ4n) is 4.11. The van der Waals surface area contributed by atoms with Gasteiger partial charge in [0, 0.05) is 38.2 Å². The molecule has 10 heteroatoms. The van der Waals surface area contributed by atoms with Gasteiger partial charge >= 0.3 is 5.69 Å². The van der Waals surface area contributed by atoms with Gasteiger partial charge in [0.15, 0.2) is 11.5 Å². The van der Waals surface area contributed by atoms with Crippen LogP contribution in [-0.4, -0.2) is 73.3 Å². The minimum atomic E-state index is -0.115. The number of hydrogen-bond acceptors (Lipinski definition) is 7. The molecule has 0 N–H and O–H groups in total. The van der Waals surface area contributed by atoms with E-state index in [1.165, 1.54) is 26.0 Å². The highest BCUT2D eigenvalue weighted by Crippen LogP contribution is 2.39. The van der Waals surface area contributed by atoms with Crippen LogP contribution in [0.15, 0.2) is 16.9 Å². The van der Waals surface area contributed by atoms with E-state index in [-0.39, 0.29) is 17.5 Å². The molecule has 176 valence electrons. The molecular weight excluding hydrogens is 416 g/mol. The van der Waals surface area contributed by atoms with Crippen molar-refractivity contribution in [1.29, 1.82) is 0 Å². The Hall–Kier alpha value is -3.01. The first-order valence-electron chi connectivity index (χ1n) is 10.7. The fourth-order valence-corrected chi connectivity index (χ4v) is 4.11. The van der Waals surface area contributed by atoms with Gasteiger partial charge in [0.2, 0.25) is 5.75 Å². The molecule has 0 saturated carbocycles.